The van der Waals surface area contributed by atoms with Crippen molar-refractivity contribution in [1.82, 2.24) is 10.2 Å². The molecule has 2 aliphatic heterocycles. The third-order valence-corrected chi connectivity index (χ3v) is 5.87. The van der Waals surface area contributed by atoms with E-state index in [-0.39, 0.29) is 23.6 Å². The summed E-state index contributed by atoms with van der Waals surface area (Å²) in [7, 11) is 0. The van der Waals surface area contributed by atoms with Crippen LogP contribution in [0.4, 0.5) is 5.69 Å². The number of hydrogen-bond acceptors (Lipinski definition) is 4. The summed E-state index contributed by atoms with van der Waals surface area (Å²) in [6.45, 7) is 3.15. The Morgan fingerprint density at radius 2 is 1.78 bits per heavy atom. The molecule has 0 aliphatic carbocycles. The number of piperazine rings is 1. The van der Waals surface area contributed by atoms with E-state index in [0.717, 1.165) is 55.6 Å². The molecule has 3 rings (SSSR count). The van der Waals surface area contributed by atoms with Gasteiger partial charge in [0.25, 0.3) is 0 Å². The van der Waals surface area contributed by atoms with Crippen LogP contribution in [0.15, 0.2) is 24.3 Å². The third-order valence-electron chi connectivity index (χ3n) is 5.31. The molecule has 1 aromatic rings. The van der Waals surface area contributed by atoms with Gasteiger partial charge >= 0.3 is 0 Å². The molecule has 3 amide bonds. The van der Waals surface area contributed by atoms with Crippen molar-refractivity contribution in [3.05, 3.63) is 29.8 Å². The van der Waals surface area contributed by atoms with Gasteiger partial charge in [-0.15, -0.1) is 0 Å². The quantitative estimate of drug-likeness (QED) is 0.423. The summed E-state index contributed by atoms with van der Waals surface area (Å²) < 4.78 is 0. The molecule has 0 aromatic heterocycles. The zero-order valence-electron chi connectivity index (χ0n) is 15.5. The molecular formula is C20H26BrN3O3. The number of unbranched alkanes of at least 4 members (excludes halogenated alkanes) is 1. The van der Waals surface area contributed by atoms with Gasteiger partial charge in [-0.2, -0.15) is 0 Å². The zero-order chi connectivity index (χ0) is 19.2. The van der Waals surface area contributed by atoms with E-state index in [4.69, 9.17) is 0 Å². The van der Waals surface area contributed by atoms with E-state index in [9.17, 15) is 14.4 Å². The minimum Gasteiger partial charge on any atom is -0.368 e. The molecule has 2 saturated heterocycles. The van der Waals surface area contributed by atoms with E-state index in [1.165, 1.54) is 0 Å². The topological polar surface area (TPSA) is 69.7 Å². The Morgan fingerprint density at radius 1 is 1.07 bits per heavy atom. The highest BCUT2D eigenvalue weighted by Crippen LogP contribution is 2.27. The van der Waals surface area contributed by atoms with Gasteiger partial charge in [-0.1, -0.05) is 28.1 Å². The van der Waals surface area contributed by atoms with Crippen molar-refractivity contribution in [2.75, 3.05) is 36.4 Å². The molecule has 2 fully saturated rings. The summed E-state index contributed by atoms with van der Waals surface area (Å²) in [5.41, 5.74) is 2.06. The van der Waals surface area contributed by atoms with Crippen LogP contribution in [0.25, 0.3) is 0 Å². The Balaban J connectivity index is 1.52. The third kappa shape index (κ3) is 5.09. The number of carbonyl (C=O) groups is 3. The number of nitrogens with one attached hydrogen (secondary N) is 1. The summed E-state index contributed by atoms with van der Waals surface area (Å²) >= 11 is 3.40. The number of halogens is 1. The standard InChI is InChI=1S/C20H26BrN3O3/c21-10-2-1-3-19(26)24-13-11-23(12-14-24)16-6-4-15(5-7-16)17-8-9-18(25)22-20(17)27/h4-7,17H,1-3,8-14H2,(H,22,25,27). The first-order valence-corrected chi connectivity index (χ1v) is 10.7. The number of imide groups is 1. The lowest BCUT2D eigenvalue weighted by molar-refractivity contribution is -0.134. The Hall–Kier alpha value is -1.89. The predicted octanol–water partition coefficient (Wildman–Crippen LogP) is 2.42. The van der Waals surface area contributed by atoms with Gasteiger partial charge in [0.15, 0.2) is 0 Å². The normalized spacial score (nSPS) is 20.6. The molecule has 2 heterocycles. The van der Waals surface area contributed by atoms with E-state index >= 15 is 0 Å². The molecule has 27 heavy (non-hydrogen) atoms. The van der Waals surface area contributed by atoms with Crippen LogP contribution in [0.2, 0.25) is 0 Å². The van der Waals surface area contributed by atoms with Crippen LogP contribution in [0.5, 0.6) is 0 Å². The highest BCUT2D eigenvalue weighted by molar-refractivity contribution is 9.09. The second-order valence-corrected chi connectivity index (χ2v) is 7.90. The highest BCUT2D eigenvalue weighted by Gasteiger charge is 2.28. The second-order valence-electron chi connectivity index (χ2n) is 7.11. The van der Waals surface area contributed by atoms with Crippen molar-refractivity contribution in [1.29, 1.82) is 0 Å². The molecule has 0 spiro atoms. The molecule has 7 heteroatoms. The van der Waals surface area contributed by atoms with Crippen molar-refractivity contribution in [3.8, 4) is 0 Å². The molecule has 1 N–H and O–H groups in total. The number of alkyl halides is 1. The van der Waals surface area contributed by atoms with Gasteiger partial charge in [0.1, 0.15) is 0 Å². The van der Waals surface area contributed by atoms with E-state index in [1.807, 2.05) is 29.2 Å². The Bertz CT molecular complexity index is 684. The van der Waals surface area contributed by atoms with E-state index < -0.39 is 0 Å². The summed E-state index contributed by atoms with van der Waals surface area (Å²) in [6.07, 6.45) is 3.56. The van der Waals surface area contributed by atoms with Crippen molar-refractivity contribution in [2.45, 2.75) is 38.0 Å². The van der Waals surface area contributed by atoms with Gasteiger partial charge in [0.2, 0.25) is 17.7 Å². The lowest BCUT2D eigenvalue weighted by Gasteiger charge is -2.36. The molecular weight excluding hydrogens is 410 g/mol. The lowest BCUT2D eigenvalue weighted by atomic mass is 9.90. The first-order chi connectivity index (χ1) is 13.1. The van der Waals surface area contributed by atoms with Gasteiger partial charge in [0, 0.05) is 50.0 Å². The molecule has 2 aliphatic rings. The second kappa shape index (κ2) is 9.35. The van der Waals surface area contributed by atoms with E-state index in [2.05, 4.69) is 26.1 Å². The minimum atomic E-state index is -0.245. The fourth-order valence-corrected chi connectivity index (χ4v) is 4.07. The lowest BCUT2D eigenvalue weighted by Crippen LogP contribution is -2.48. The van der Waals surface area contributed by atoms with Crippen LogP contribution in [0.1, 0.15) is 43.6 Å². The zero-order valence-corrected chi connectivity index (χ0v) is 17.0. The van der Waals surface area contributed by atoms with Crippen LogP contribution in [0, 0.1) is 0 Å². The molecule has 1 aromatic carbocycles. The van der Waals surface area contributed by atoms with E-state index in [0.29, 0.717) is 19.3 Å². The van der Waals surface area contributed by atoms with E-state index in [1.54, 1.807) is 0 Å². The maximum absolute atomic E-state index is 12.2. The molecule has 1 unspecified atom stereocenters. The first-order valence-electron chi connectivity index (χ1n) is 9.61. The minimum absolute atomic E-state index is 0.188. The SMILES string of the molecule is O=C1CCC(c2ccc(N3CCN(C(=O)CCCCBr)CC3)cc2)C(=O)N1. The number of rotatable bonds is 6. The van der Waals surface area contributed by atoms with Crippen LogP contribution in [-0.2, 0) is 14.4 Å². The monoisotopic (exact) mass is 435 g/mol. The molecule has 0 bridgehead atoms. The number of nitrogens with zero attached hydrogens (tertiary/aromatic N) is 2. The summed E-state index contributed by atoms with van der Waals surface area (Å²) in [5.74, 6) is -0.381. The summed E-state index contributed by atoms with van der Waals surface area (Å²) in [4.78, 5) is 39.7. The van der Waals surface area contributed by atoms with Crippen LogP contribution in [-0.4, -0.2) is 54.1 Å². The average molecular weight is 436 g/mol. The van der Waals surface area contributed by atoms with Crippen molar-refractivity contribution in [2.24, 2.45) is 0 Å². The van der Waals surface area contributed by atoms with Crippen LogP contribution >= 0.6 is 15.9 Å². The Morgan fingerprint density at radius 3 is 2.41 bits per heavy atom. The molecule has 1 atom stereocenters. The molecule has 0 saturated carbocycles. The van der Waals surface area contributed by atoms with Crippen molar-refractivity contribution in [3.63, 3.8) is 0 Å². The van der Waals surface area contributed by atoms with Crippen LogP contribution < -0.4 is 10.2 Å². The Labute approximate surface area is 168 Å². The molecule has 6 nitrogen and oxygen atoms in total. The number of benzene rings is 1. The van der Waals surface area contributed by atoms with Gasteiger partial charge in [-0.05, 0) is 37.0 Å². The number of amides is 3. The number of anilines is 1. The molecule has 146 valence electrons. The van der Waals surface area contributed by atoms with Gasteiger partial charge in [-0.3, -0.25) is 19.7 Å². The largest absolute Gasteiger partial charge is 0.368 e. The number of hydrogen-bond donors (Lipinski definition) is 1. The highest BCUT2D eigenvalue weighted by atomic mass is 79.9. The van der Waals surface area contributed by atoms with Gasteiger partial charge in [-0.25, -0.2) is 0 Å². The maximum Gasteiger partial charge on any atom is 0.234 e. The number of carbonyl (C=O) groups excluding carboxylic acids is 3. The first kappa shape index (κ1) is 19.9. The van der Waals surface area contributed by atoms with Gasteiger partial charge < -0.3 is 9.80 Å². The Kier molecular flexibility index (Phi) is 6.88. The maximum atomic E-state index is 12.2. The summed E-state index contributed by atoms with van der Waals surface area (Å²) in [5, 5.41) is 3.36. The van der Waals surface area contributed by atoms with Crippen molar-refractivity contribution >= 4 is 39.3 Å². The average Bonchev–Trinajstić information content (AvgIpc) is 2.68. The van der Waals surface area contributed by atoms with Crippen molar-refractivity contribution < 1.29 is 14.4 Å². The number of piperidine rings is 1. The fourth-order valence-electron chi connectivity index (χ4n) is 3.67. The van der Waals surface area contributed by atoms with Gasteiger partial charge in [0.05, 0.1) is 5.92 Å². The smallest absolute Gasteiger partial charge is 0.234 e. The summed E-state index contributed by atoms with van der Waals surface area (Å²) in [6, 6.07) is 8.03. The molecule has 0 radical (unpaired) electrons. The predicted molar refractivity (Wildman–Crippen MR) is 108 cm³/mol. The fraction of sp³-hybridized carbons (Fsp3) is 0.550. The van der Waals surface area contributed by atoms with Crippen LogP contribution in [0.3, 0.4) is 0 Å².